The molecule has 1 unspecified atom stereocenters. The highest BCUT2D eigenvalue weighted by molar-refractivity contribution is 5.31. The molecular formula is C20H35N. The smallest absolute Gasteiger partial charge is 0.00794 e. The Bertz CT molecular complexity index is 383. The molecule has 1 aromatic rings. The van der Waals surface area contributed by atoms with Crippen molar-refractivity contribution >= 4 is 0 Å². The normalized spacial score (nSPS) is 12.6. The fourth-order valence-electron chi connectivity index (χ4n) is 2.95. The van der Waals surface area contributed by atoms with E-state index in [1.807, 2.05) is 0 Å². The molecule has 0 aliphatic carbocycles. The van der Waals surface area contributed by atoms with E-state index in [-0.39, 0.29) is 0 Å². The van der Waals surface area contributed by atoms with Crippen molar-refractivity contribution in [1.82, 2.24) is 0 Å². The van der Waals surface area contributed by atoms with Gasteiger partial charge in [-0.15, -0.1) is 0 Å². The molecule has 1 aromatic carbocycles. The van der Waals surface area contributed by atoms with E-state index in [1.165, 1.54) is 74.5 Å². The topological polar surface area (TPSA) is 26.0 Å². The van der Waals surface area contributed by atoms with Crippen molar-refractivity contribution in [3.05, 3.63) is 34.9 Å². The molecule has 0 fully saturated rings. The third-order valence-corrected chi connectivity index (χ3v) is 4.42. The van der Waals surface area contributed by atoms with Gasteiger partial charge >= 0.3 is 0 Å². The zero-order valence-corrected chi connectivity index (χ0v) is 14.5. The van der Waals surface area contributed by atoms with E-state index in [4.69, 9.17) is 5.73 Å². The minimum Gasteiger partial charge on any atom is -0.327 e. The van der Waals surface area contributed by atoms with Crippen LogP contribution in [0.1, 0.15) is 81.4 Å². The van der Waals surface area contributed by atoms with Crippen LogP contribution in [0.5, 0.6) is 0 Å². The van der Waals surface area contributed by atoms with Crippen LogP contribution in [-0.2, 0) is 6.42 Å². The highest BCUT2D eigenvalue weighted by Crippen LogP contribution is 2.15. The largest absolute Gasteiger partial charge is 0.327 e. The summed E-state index contributed by atoms with van der Waals surface area (Å²) in [6, 6.07) is 7.02. The van der Waals surface area contributed by atoms with Crippen molar-refractivity contribution in [3.8, 4) is 0 Å². The van der Waals surface area contributed by atoms with Gasteiger partial charge in [-0.2, -0.15) is 0 Å². The van der Waals surface area contributed by atoms with E-state index in [9.17, 15) is 0 Å². The molecule has 1 atom stereocenters. The molecule has 0 bridgehead atoms. The Kier molecular flexibility index (Phi) is 9.41. The van der Waals surface area contributed by atoms with Crippen LogP contribution in [0.2, 0.25) is 0 Å². The summed E-state index contributed by atoms with van der Waals surface area (Å²) in [6.07, 6.45) is 13.2. The molecule has 0 radical (unpaired) electrons. The Balaban J connectivity index is 2.11. The number of hydrogen-bond donors (Lipinski definition) is 1. The number of hydrogen-bond acceptors (Lipinski definition) is 1. The maximum atomic E-state index is 6.31. The maximum absolute atomic E-state index is 6.31. The van der Waals surface area contributed by atoms with Crippen molar-refractivity contribution < 1.29 is 0 Å². The molecule has 1 rings (SSSR count). The molecule has 0 aliphatic rings. The quantitative estimate of drug-likeness (QED) is 0.519. The van der Waals surface area contributed by atoms with E-state index in [1.54, 1.807) is 0 Å². The van der Waals surface area contributed by atoms with Gasteiger partial charge in [0.1, 0.15) is 0 Å². The fourth-order valence-corrected chi connectivity index (χ4v) is 2.95. The molecule has 0 spiro atoms. The number of rotatable bonds is 11. The predicted octanol–water partition coefficient (Wildman–Crippen LogP) is 5.70. The van der Waals surface area contributed by atoms with Gasteiger partial charge in [0.25, 0.3) is 0 Å². The third kappa shape index (κ3) is 8.26. The maximum Gasteiger partial charge on any atom is 0.00794 e. The lowest BCUT2D eigenvalue weighted by Gasteiger charge is -2.14. The van der Waals surface area contributed by atoms with Crippen LogP contribution in [0.25, 0.3) is 0 Å². The van der Waals surface area contributed by atoms with Gasteiger partial charge in [-0.25, -0.2) is 0 Å². The summed E-state index contributed by atoms with van der Waals surface area (Å²) in [6.45, 7) is 6.63. The van der Waals surface area contributed by atoms with Crippen molar-refractivity contribution in [2.45, 2.75) is 91.0 Å². The minimum absolute atomic E-state index is 0.325. The average Bonchev–Trinajstić information content (AvgIpc) is 2.46. The Morgan fingerprint density at radius 1 is 0.905 bits per heavy atom. The lowest BCUT2D eigenvalue weighted by molar-refractivity contribution is 0.524. The summed E-state index contributed by atoms with van der Waals surface area (Å²) < 4.78 is 0. The highest BCUT2D eigenvalue weighted by Gasteiger charge is 2.06. The molecule has 0 aromatic heterocycles. The number of nitrogens with two attached hydrogens (primary N) is 1. The lowest BCUT2D eigenvalue weighted by Crippen LogP contribution is -2.23. The van der Waals surface area contributed by atoms with Gasteiger partial charge in [-0.1, -0.05) is 82.1 Å². The van der Waals surface area contributed by atoms with Gasteiger partial charge in [0.15, 0.2) is 0 Å². The van der Waals surface area contributed by atoms with Gasteiger partial charge < -0.3 is 5.73 Å². The summed E-state index contributed by atoms with van der Waals surface area (Å²) in [7, 11) is 0. The lowest BCUT2D eigenvalue weighted by atomic mass is 9.96. The van der Waals surface area contributed by atoms with Crippen molar-refractivity contribution in [2.24, 2.45) is 5.73 Å². The first-order valence-corrected chi connectivity index (χ1v) is 8.95. The molecule has 0 aliphatic heterocycles. The second-order valence-corrected chi connectivity index (χ2v) is 6.66. The standard InChI is InChI=1S/C20H35N/c1-4-5-6-7-8-9-10-11-12-20(21)16-19-15-17(2)13-14-18(19)3/h13-15,20H,4-12,16,21H2,1-3H3. The Morgan fingerprint density at radius 3 is 2.19 bits per heavy atom. The fraction of sp³-hybridized carbons (Fsp3) is 0.700. The van der Waals surface area contributed by atoms with E-state index in [2.05, 4.69) is 39.0 Å². The van der Waals surface area contributed by atoms with Crippen molar-refractivity contribution in [3.63, 3.8) is 0 Å². The molecule has 0 heterocycles. The third-order valence-electron chi connectivity index (χ3n) is 4.42. The Morgan fingerprint density at radius 2 is 1.52 bits per heavy atom. The number of benzene rings is 1. The zero-order valence-electron chi connectivity index (χ0n) is 14.5. The zero-order chi connectivity index (χ0) is 15.5. The highest BCUT2D eigenvalue weighted by atomic mass is 14.6. The van der Waals surface area contributed by atoms with Crippen LogP contribution in [0.3, 0.4) is 0 Å². The Hall–Kier alpha value is -0.820. The summed E-state index contributed by atoms with van der Waals surface area (Å²) in [4.78, 5) is 0. The summed E-state index contributed by atoms with van der Waals surface area (Å²) in [5.74, 6) is 0. The molecule has 1 heteroatoms. The van der Waals surface area contributed by atoms with Crippen molar-refractivity contribution in [2.75, 3.05) is 0 Å². The summed E-state index contributed by atoms with van der Waals surface area (Å²) >= 11 is 0. The van der Waals surface area contributed by atoms with Crippen LogP contribution in [0.4, 0.5) is 0 Å². The molecule has 21 heavy (non-hydrogen) atoms. The van der Waals surface area contributed by atoms with E-state index in [0.29, 0.717) is 6.04 Å². The molecule has 120 valence electrons. The second-order valence-electron chi connectivity index (χ2n) is 6.66. The van der Waals surface area contributed by atoms with Gasteiger partial charge in [0, 0.05) is 6.04 Å². The van der Waals surface area contributed by atoms with Gasteiger partial charge in [0.2, 0.25) is 0 Å². The van der Waals surface area contributed by atoms with Crippen LogP contribution < -0.4 is 5.73 Å². The Labute approximate surface area is 132 Å². The average molecular weight is 290 g/mol. The summed E-state index contributed by atoms with van der Waals surface area (Å²) in [5, 5.41) is 0. The summed E-state index contributed by atoms with van der Waals surface area (Å²) in [5.41, 5.74) is 10.5. The second kappa shape index (κ2) is 10.8. The van der Waals surface area contributed by atoms with Crippen LogP contribution in [-0.4, -0.2) is 6.04 Å². The molecule has 0 saturated carbocycles. The first-order valence-electron chi connectivity index (χ1n) is 8.95. The van der Waals surface area contributed by atoms with Gasteiger partial charge in [-0.3, -0.25) is 0 Å². The predicted molar refractivity (Wildman–Crippen MR) is 94.8 cm³/mol. The monoisotopic (exact) mass is 289 g/mol. The number of unbranched alkanes of at least 4 members (excludes halogenated alkanes) is 7. The van der Waals surface area contributed by atoms with E-state index < -0.39 is 0 Å². The SMILES string of the molecule is CCCCCCCCCCC(N)Cc1cc(C)ccc1C. The van der Waals surface area contributed by atoms with Crippen molar-refractivity contribution in [1.29, 1.82) is 0 Å². The minimum atomic E-state index is 0.325. The van der Waals surface area contributed by atoms with Gasteiger partial charge in [-0.05, 0) is 37.8 Å². The van der Waals surface area contributed by atoms with Crippen LogP contribution in [0, 0.1) is 13.8 Å². The first-order chi connectivity index (χ1) is 10.1. The first kappa shape index (κ1) is 18.2. The van der Waals surface area contributed by atoms with Crippen LogP contribution in [0.15, 0.2) is 18.2 Å². The van der Waals surface area contributed by atoms with E-state index >= 15 is 0 Å². The van der Waals surface area contributed by atoms with Gasteiger partial charge in [0.05, 0.1) is 0 Å². The van der Waals surface area contributed by atoms with E-state index in [0.717, 1.165) is 6.42 Å². The molecule has 0 saturated heterocycles. The molecule has 2 N–H and O–H groups in total. The molecular weight excluding hydrogens is 254 g/mol. The molecule has 1 nitrogen and oxygen atoms in total. The molecule has 0 amide bonds. The number of aryl methyl sites for hydroxylation is 2. The van der Waals surface area contributed by atoms with Crippen LogP contribution >= 0.6 is 0 Å².